The molecule has 1 unspecified atom stereocenters. The van der Waals surface area contributed by atoms with Gasteiger partial charge in [0.2, 0.25) is 5.91 Å². The van der Waals surface area contributed by atoms with E-state index in [1.807, 2.05) is 6.92 Å². The second-order valence-corrected chi connectivity index (χ2v) is 4.89. The van der Waals surface area contributed by atoms with Gasteiger partial charge in [-0.1, -0.05) is 6.92 Å². The largest absolute Gasteiger partial charge is 0.398 e. The van der Waals surface area contributed by atoms with Gasteiger partial charge >= 0.3 is 0 Å². The van der Waals surface area contributed by atoms with Crippen LogP contribution in [0.5, 0.6) is 0 Å². The number of nitrogen functional groups attached to an aromatic ring is 1. The maximum absolute atomic E-state index is 13.7. The lowest BCUT2D eigenvalue weighted by Crippen LogP contribution is -2.56. The van der Waals surface area contributed by atoms with Gasteiger partial charge in [0.15, 0.2) is 0 Å². The Balaban J connectivity index is 2.33. The van der Waals surface area contributed by atoms with Gasteiger partial charge in [-0.2, -0.15) is 0 Å². The van der Waals surface area contributed by atoms with Crippen LogP contribution in [0.2, 0.25) is 0 Å². The maximum Gasteiger partial charge on any atom is 0.254 e. The zero-order chi connectivity index (χ0) is 14.9. The number of nitrogens with two attached hydrogens (primary N) is 1. The normalized spacial score (nSPS) is 18.9. The summed E-state index contributed by atoms with van der Waals surface area (Å²) in [5, 5.41) is 2.72. The first-order valence-electron chi connectivity index (χ1n) is 6.60. The molecule has 0 bridgehead atoms. The fraction of sp³-hybridized carbons (Fsp3) is 0.429. The van der Waals surface area contributed by atoms with Crippen LogP contribution in [0.4, 0.5) is 10.1 Å². The Morgan fingerprint density at radius 3 is 2.85 bits per heavy atom. The number of rotatable bonds is 2. The number of piperazine rings is 1. The number of benzene rings is 1. The molecule has 1 atom stereocenters. The second kappa shape index (κ2) is 5.48. The molecule has 1 aromatic rings. The number of carbonyl (C=O) groups is 2. The van der Waals surface area contributed by atoms with Crippen molar-refractivity contribution in [3.05, 3.63) is 29.1 Å². The topological polar surface area (TPSA) is 75.4 Å². The first-order chi connectivity index (χ1) is 9.45. The maximum atomic E-state index is 13.7. The molecule has 1 aliphatic rings. The summed E-state index contributed by atoms with van der Waals surface area (Å²) in [5.41, 5.74) is 6.44. The van der Waals surface area contributed by atoms with Gasteiger partial charge in [-0.3, -0.25) is 9.59 Å². The van der Waals surface area contributed by atoms with Crippen LogP contribution in [0.1, 0.15) is 29.3 Å². The average Bonchev–Trinajstić information content (AvgIpc) is 2.43. The van der Waals surface area contributed by atoms with E-state index in [4.69, 9.17) is 5.73 Å². The molecule has 1 fully saturated rings. The molecule has 0 aromatic heterocycles. The second-order valence-electron chi connectivity index (χ2n) is 4.89. The molecule has 3 N–H and O–H groups in total. The molecule has 0 spiro atoms. The van der Waals surface area contributed by atoms with E-state index in [0.29, 0.717) is 25.1 Å². The lowest BCUT2D eigenvalue weighted by atomic mass is 10.0. The first-order valence-corrected chi connectivity index (χ1v) is 6.60. The highest BCUT2D eigenvalue weighted by molar-refractivity contribution is 5.99. The van der Waals surface area contributed by atoms with Gasteiger partial charge in [0.25, 0.3) is 5.91 Å². The van der Waals surface area contributed by atoms with E-state index in [1.54, 1.807) is 6.92 Å². The van der Waals surface area contributed by atoms with Gasteiger partial charge in [-0.25, -0.2) is 4.39 Å². The predicted molar refractivity (Wildman–Crippen MR) is 73.7 cm³/mol. The number of anilines is 1. The Bertz CT molecular complexity index is 536. The zero-order valence-electron chi connectivity index (χ0n) is 11.6. The third-order valence-corrected chi connectivity index (χ3v) is 3.61. The molecule has 0 radical (unpaired) electrons. The van der Waals surface area contributed by atoms with E-state index >= 15 is 0 Å². The summed E-state index contributed by atoms with van der Waals surface area (Å²) >= 11 is 0. The van der Waals surface area contributed by atoms with Crippen molar-refractivity contribution in [2.24, 2.45) is 0 Å². The minimum atomic E-state index is -0.512. The van der Waals surface area contributed by atoms with Gasteiger partial charge in [-0.05, 0) is 25.5 Å². The van der Waals surface area contributed by atoms with Gasteiger partial charge in [0.1, 0.15) is 11.9 Å². The van der Waals surface area contributed by atoms with Crippen molar-refractivity contribution in [1.82, 2.24) is 10.2 Å². The number of hydrogen-bond donors (Lipinski definition) is 2. The monoisotopic (exact) mass is 279 g/mol. The van der Waals surface area contributed by atoms with E-state index in [0.717, 1.165) is 0 Å². The highest BCUT2D eigenvalue weighted by Gasteiger charge is 2.32. The number of halogens is 1. The van der Waals surface area contributed by atoms with E-state index in [2.05, 4.69) is 5.32 Å². The lowest BCUT2D eigenvalue weighted by molar-refractivity contribution is -0.127. The third kappa shape index (κ3) is 2.45. The minimum Gasteiger partial charge on any atom is -0.398 e. The Hall–Kier alpha value is -2.11. The predicted octanol–water partition coefficient (Wildman–Crippen LogP) is 1.07. The summed E-state index contributed by atoms with van der Waals surface area (Å²) in [4.78, 5) is 25.7. The Kier molecular flexibility index (Phi) is 3.92. The van der Waals surface area contributed by atoms with Crippen molar-refractivity contribution < 1.29 is 14.0 Å². The lowest BCUT2D eigenvalue weighted by Gasteiger charge is -2.34. The van der Waals surface area contributed by atoms with E-state index in [-0.39, 0.29) is 23.1 Å². The van der Waals surface area contributed by atoms with Gasteiger partial charge < -0.3 is 16.0 Å². The fourth-order valence-corrected chi connectivity index (χ4v) is 2.35. The molecule has 2 amide bonds. The SMILES string of the molecule is CCC1C(=O)NCCN1C(=O)c1cc(N)c(C)c(F)c1. The number of nitrogens with one attached hydrogen (secondary N) is 1. The van der Waals surface area contributed by atoms with Crippen molar-refractivity contribution >= 4 is 17.5 Å². The van der Waals surface area contributed by atoms with Crippen LogP contribution < -0.4 is 11.1 Å². The smallest absolute Gasteiger partial charge is 0.254 e. The summed E-state index contributed by atoms with van der Waals surface area (Å²) in [5.74, 6) is -1.05. The Labute approximate surface area is 116 Å². The summed E-state index contributed by atoms with van der Waals surface area (Å²) in [6.07, 6.45) is 0.515. The van der Waals surface area contributed by atoms with Crippen LogP contribution in [0.15, 0.2) is 12.1 Å². The highest BCUT2D eigenvalue weighted by atomic mass is 19.1. The van der Waals surface area contributed by atoms with Crippen LogP contribution >= 0.6 is 0 Å². The fourth-order valence-electron chi connectivity index (χ4n) is 2.35. The number of nitrogens with zero attached hydrogens (tertiary/aromatic N) is 1. The molecule has 0 saturated carbocycles. The summed E-state index contributed by atoms with van der Waals surface area (Å²) in [7, 11) is 0. The van der Waals surface area contributed by atoms with Crippen LogP contribution in [-0.4, -0.2) is 35.8 Å². The summed E-state index contributed by atoms with van der Waals surface area (Å²) in [6.45, 7) is 4.21. The van der Waals surface area contributed by atoms with Gasteiger partial charge in [0.05, 0.1) is 0 Å². The van der Waals surface area contributed by atoms with Crippen LogP contribution in [0, 0.1) is 12.7 Å². The molecule has 2 rings (SSSR count). The van der Waals surface area contributed by atoms with Crippen LogP contribution in [-0.2, 0) is 4.79 Å². The Morgan fingerprint density at radius 2 is 2.25 bits per heavy atom. The molecule has 20 heavy (non-hydrogen) atoms. The molecule has 0 aliphatic carbocycles. The zero-order valence-corrected chi connectivity index (χ0v) is 11.6. The molecule has 1 heterocycles. The van der Waals surface area contributed by atoms with E-state index in [9.17, 15) is 14.0 Å². The Morgan fingerprint density at radius 1 is 1.55 bits per heavy atom. The first kappa shape index (κ1) is 14.3. The van der Waals surface area contributed by atoms with Gasteiger partial charge in [0, 0.05) is 29.9 Å². The molecule has 1 aliphatic heterocycles. The highest BCUT2D eigenvalue weighted by Crippen LogP contribution is 2.20. The molecule has 6 heteroatoms. The number of hydrogen-bond acceptors (Lipinski definition) is 3. The van der Waals surface area contributed by atoms with E-state index in [1.165, 1.54) is 17.0 Å². The quantitative estimate of drug-likeness (QED) is 0.795. The standard InChI is InChI=1S/C14H18FN3O2/c1-3-12-13(19)17-4-5-18(12)14(20)9-6-10(15)8(2)11(16)7-9/h6-7,12H,3-5,16H2,1-2H3,(H,17,19). The average molecular weight is 279 g/mol. The van der Waals surface area contributed by atoms with Gasteiger partial charge in [-0.15, -0.1) is 0 Å². The van der Waals surface area contributed by atoms with Crippen molar-refractivity contribution in [2.75, 3.05) is 18.8 Å². The molecule has 1 aromatic carbocycles. The van der Waals surface area contributed by atoms with E-state index < -0.39 is 11.9 Å². The number of carbonyl (C=O) groups excluding carboxylic acids is 2. The van der Waals surface area contributed by atoms with Crippen molar-refractivity contribution in [1.29, 1.82) is 0 Å². The number of amides is 2. The summed E-state index contributed by atoms with van der Waals surface area (Å²) in [6, 6.07) is 2.12. The minimum absolute atomic E-state index is 0.173. The molecule has 5 nitrogen and oxygen atoms in total. The molecule has 108 valence electrons. The van der Waals surface area contributed by atoms with Crippen LogP contribution in [0.3, 0.4) is 0 Å². The van der Waals surface area contributed by atoms with Crippen molar-refractivity contribution in [3.8, 4) is 0 Å². The molecule has 1 saturated heterocycles. The third-order valence-electron chi connectivity index (χ3n) is 3.61. The van der Waals surface area contributed by atoms with Crippen molar-refractivity contribution in [2.45, 2.75) is 26.3 Å². The van der Waals surface area contributed by atoms with Crippen molar-refractivity contribution in [3.63, 3.8) is 0 Å². The molecular formula is C14H18FN3O2. The van der Waals surface area contributed by atoms with Crippen LogP contribution in [0.25, 0.3) is 0 Å². The molecular weight excluding hydrogens is 261 g/mol. The summed E-state index contributed by atoms with van der Waals surface area (Å²) < 4.78 is 13.7.